The highest BCUT2D eigenvalue weighted by Crippen LogP contribution is 2.42. The number of nitrogens with zero attached hydrogens (tertiary/aromatic N) is 4. The fourth-order valence-corrected chi connectivity index (χ4v) is 5.19. The summed E-state index contributed by atoms with van der Waals surface area (Å²) in [7, 11) is -3.26. The van der Waals surface area contributed by atoms with E-state index < -0.39 is 15.3 Å². The molecule has 0 atom stereocenters. The maximum absolute atomic E-state index is 13.3. The molecule has 1 saturated heterocycles. The Balaban J connectivity index is 1.64. The maximum atomic E-state index is 13.3. The summed E-state index contributed by atoms with van der Waals surface area (Å²) in [4.78, 5) is 15.4. The van der Waals surface area contributed by atoms with E-state index in [0.29, 0.717) is 36.9 Å². The second-order valence-corrected chi connectivity index (χ2v) is 10.8. The van der Waals surface area contributed by atoms with Crippen LogP contribution in [0.1, 0.15) is 38.2 Å². The molecule has 1 aromatic heterocycles. The minimum absolute atomic E-state index is 0.121. The molecule has 1 aliphatic carbocycles. The third kappa shape index (κ3) is 3.93. The number of benzene rings is 1. The Morgan fingerprint density at radius 3 is 2.41 bits per heavy atom. The Morgan fingerprint density at radius 1 is 1.14 bits per heavy atom. The molecule has 2 fully saturated rings. The zero-order chi connectivity index (χ0) is 20.8. The summed E-state index contributed by atoms with van der Waals surface area (Å²) in [5.41, 5.74) is 2.13. The molecule has 2 aliphatic rings. The van der Waals surface area contributed by atoms with E-state index in [1.165, 1.54) is 4.68 Å². The van der Waals surface area contributed by atoms with Crippen molar-refractivity contribution in [1.29, 1.82) is 0 Å². The molecule has 7 nitrogen and oxygen atoms in total. The molecule has 1 aromatic carbocycles. The zero-order valence-corrected chi connectivity index (χ0v) is 18.2. The zero-order valence-electron chi connectivity index (χ0n) is 16.6. The third-order valence-corrected chi connectivity index (χ3v) is 8.08. The molecule has 156 valence electrons. The number of halogens is 1. The van der Waals surface area contributed by atoms with E-state index in [4.69, 9.17) is 11.6 Å². The van der Waals surface area contributed by atoms with E-state index in [9.17, 15) is 13.2 Å². The lowest BCUT2D eigenvalue weighted by Crippen LogP contribution is -2.51. The van der Waals surface area contributed by atoms with Crippen LogP contribution >= 0.6 is 11.6 Å². The van der Waals surface area contributed by atoms with Crippen LogP contribution in [-0.2, 0) is 10.0 Å². The van der Waals surface area contributed by atoms with Gasteiger partial charge in [0.1, 0.15) is 0 Å². The van der Waals surface area contributed by atoms with Gasteiger partial charge in [-0.15, -0.1) is 0 Å². The lowest BCUT2D eigenvalue weighted by Gasteiger charge is -2.36. The largest absolute Gasteiger partial charge is 0.367 e. The highest BCUT2D eigenvalue weighted by Gasteiger charge is 2.35. The first kappa shape index (κ1) is 20.4. The Bertz CT molecular complexity index is 1070. The van der Waals surface area contributed by atoms with Gasteiger partial charge in [0.15, 0.2) is 0 Å². The highest BCUT2D eigenvalue weighted by atomic mass is 35.5. The summed E-state index contributed by atoms with van der Waals surface area (Å²) in [6.45, 7) is 5.34. The molecule has 2 aromatic rings. The van der Waals surface area contributed by atoms with Crippen LogP contribution in [-0.4, -0.2) is 53.9 Å². The van der Waals surface area contributed by atoms with Gasteiger partial charge in [0.25, 0.3) is 5.56 Å². The van der Waals surface area contributed by atoms with Gasteiger partial charge in [-0.05, 0) is 50.8 Å². The van der Waals surface area contributed by atoms with E-state index in [1.54, 1.807) is 42.5 Å². The second-order valence-electron chi connectivity index (χ2n) is 7.89. The second kappa shape index (κ2) is 7.74. The van der Waals surface area contributed by atoms with E-state index >= 15 is 0 Å². The SMILES string of the molecule is CC(C)S(=O)(=O)N1CCN(c2cnn(-c3cccc(Cl)c3)c(=O)c2C2CC2)CC1. The molecule has 0 amide bonds. The minimum Gasteiger partial charge on any atom is -0.367 e. The average molecular weight is 437 g/mol. The van der Waals surface area contributed by atoms with Gasteiger partial charge in [0.05, 0.1) is 22.8 Å². The summed E-state index contributed by atoms with van der Waals surface area (Å²) >= 11 is 6.08. The van der Waals surface area contributed by atoms with Crippen molar-refractivity contribution >= 4 is 27.3 Å². The summed E-state index contributed by atoms with van der Waals surface area (Å²) in [5.74, 6) is 0.239. The van der Waals surface area contributed by atoms with Gasteiger partial charge in [0.2, 0.25) is 10.0 Å². The first-order chi connectivity index (χ1) is 13.8. The van der Waals surface area contributed by atoms with Gasteiger partial charge in [-0.1, -0.05) is 17.7 Å². The quantitative estimate of drug-likeness (QED) is 0.720. The molecule has 4 rings (SSSR count). The molecule has 0 bridgehead atoms. The average Bonchev–Trinajstić information content (AvgIpc) is 3.52. The molecule has 1 saturated carbocycles. The monoisotopic (exact) mass is 436 g/mol. The van der Waals surface area contributed by atoms with Crippen molar-refractivity contribution in [3.05, 3.63) is 51.4 Å². The Kier molecular flexibility index (Phi) is 5.44. The van der Waals surface area contributed by atoms with Gasteiger partial charge in [-0.25, -0.2) is 8.42 Å². The van der Waals surface area contributed by atoms with Crippen molar-refractivity contribution in [2.45, 2.75) is 37.9 Å². The van der Waals surface area contributed by atoms with Gasteiger partial charge in [0, 0.05) is 36.8 Å². The van der Waals surface area contributed by atoms with Crippen LogP contribution in [0.5, 0.6) is 0 Å². The van der Waals surface area contributed by atoms with Crippen molar-refractivity contribution < 1.29 is 8.42 Å². The third-order valence-electron chi connectivity index (χ3n) is 5.57. The Labute approximate surface area is 175 Å². The van der Waals surface area contributed by atoms with Crippen LogP contribution in [0, 0.1) is 0 Å². The van der Waals surface area contributed by atoms with Crippen LogP contribution in [0.4, 0.5) is 5.69 Å². The summed E-state index contributed by atoms with van der Waals surface area (Å²) < 4.78 is 27.8. The smallest absolute Gasteiger partial charge is 0.277 e. The van der Waals surface area contributed by atoms with Crippen molar-refractivity contribution in [3.63, 3.8) is 0 Å². The van der Waals surface area contributed by atoms with Crippen molar-refractivity contribution in [3.8, 4) is 5.69 Å². The lowest BCUT2D eigenvalue weighted by molar-refractivity contribution is 0.380. The summed E-state index contributed by atoms with van der Waals surface area (Å²) in [6.07, 6.45) is 3.72. The lowest BCUT2D eigenvalue weighted by atomic mass is 10.1. The van der Waals surface area contributed by atoms with Crippen LogP contribution in [0.2, 0.25) is 5.02 Å². The van der Waals surface area contributed by atoms with Crippen LogP contribution in [0.3, 0.4) is 0 Å². The summed E-state index contributed by atoms with van der Waals surface area (Å²) in [5, 5.41) is 4.52. The van der Waals surface area contributed by atoms with E-state index in [2.05, 4.69) is 10.00 Å². The molecule has 0 spiro atoms. The first-order valence-electron chi connectivity index (χ1n) is 9.91. The summed E-state index contributed by atoms with van der Waals surface area (Å²) in [6, 6.07) is 7.09. The molecule has 0 radical (unpaired) electrons. The molecule has 1 aliphatic heterocycles. The Morgan fingerprint density at radius 2 is 1.83 bits per heavy atom. The minimum atomic E-state index is -3.26. The number of piperazine rings is 1. The number of rotatable bonds is 5. The van der Waals surface area contributed by atoms with E-state index in [1.807, 2.05) is 6.07 Å². The fourth-order valence-electron chi connectivity index (χ4n) is 3.74. The van der Waals surface area contributed by atoms with Crippen LogP contribution < -0.4 is 10.5 Å². The van der Waals surface area contributed by atoms with E-state index in [0.717, 1.165) is 24.1 Å². The van der Waals surface area contributed by atoms with Crippen LogP contribution in [0.25, 0.3) is 5.69 Å². The Hall–Kier alpha value is -1.90. The molecular weight excluding hydrogens is 412 g/mol. The molecule has 9 heteroatoms. The number of hydrogen-bond acceptors (Lipinski definition) is 5. The first-order valence-corrected chi connectivity index (χ1v) is 11.8. The molecule has 0 N–H and O–H groups in total. The van der Waals surface area contributed by atoms with E-state index in [-0.39, 0.29) is 11.5 Å². The van der Waals surface area contributed by atoms with Crippen molar-refractivity contribution in [2.75, 3.05) is 31.1 Å². The van der Waals surface area contributed by atoms with Gasteiger partial charge < -0.3 is 4.90 Å². The molecular formula is C20H25ClN4O3S. The predicted octanol–water partition coefficient (Wildman–Crippen LogP) is 2.62. The normalized spacial score (nSPS) is 18.4. The number of anilines is 1. The van der Waals surface area contributed by atoms with Crippen molar-refractivity contribution in [2.24, 2.45) is 0 Å². The number of sulfonamides is 1. The van der Waals surface area contributed by atoms with Crippen molar-refractivity contribution in [1.82, 2.24) is 14.1 Å². The number of aromatic nitrogens is 2. The topological polar surface area (TPSA) is 75.5 Å². The fraction of sp³-hybridized carbons (Fsp3) is 0.500. The molecule has 29 heavy (non-hydrogen) atoms. The van der Waals surface area contributed by atoms with Gasteiger partial charge in [-0.2, -0.15) is 14.1 Å². The van der Waals surface area contributed by atoms with Gasteiger partial charge in [-0.3, -0.25) is 4.79 Å². The van der Waals surface area contributed by atoms with Crippen LogP contribution in [0.15, 0.2) is 35.3 Å². The number of hydrogen-bond donors (Lipinski definition) is 0. The standard InChI is InChI=1S/C20H25ClN4O3S/c1-14(2)29(27,28)24-10-8-23(9-11-24)18-13-22-25(17-5-3-4-16(21)12-17)20(26)19(18)15-6-7-15/h3-5,12-15H,6-11H2,1-2H3. The molecule has 0 unspecified atom stereocenters. The van der Waals surface area contributed by atoms with Gasteiger partial charge >= 0.3 is 0 Å². The predicted molar refractivity (Wildman–Crippen MR) is 115 cm³/mol. The maximum Gasteiger partial charge on any atom is 0.277 e. The molecule has 2 heterocycles. The highest BCUT2D eigenvalue weighted by molar-refractivity contribution is 7.89.